The molecule has 17 heavy (non-hydrogen) atoms. The van der Waals surface area contributed by atoms with Gasteiger partial charge in [-0.1, -0.05) is 6.92 Å². The van der Waals surface area contributed by atoms with Gasteiger partial charge in [0.05, 0.1) is 12.2 Å². The molecule has 0 aliphatic rings. The lowest BCUT2D eigenvalue weighted by molar-refractivity contribution is 0.0695. The molecule has 1 rings (SSSR count). The summed E-state index contributed by atoms with van der Waals surface area (Å²) in [6.07, 6.45) is 0.859. The Morgan fingerprint density at radius 2 is 2.24 bits per heavy atom. The monoisotopic (exact) mass is 258 g/mol. The first-order valence-electron chi connectivity index (χ1n) is 5.38. The van der Waals surface area contributed by atoms with Gasteiger partial charge in [0.2, 0.25) is 0 Å². The number of thioether (sulfide) groups is 1. The molecule has 94 valence electrons. The minimum absolute atomic E-state index is 0.0945. The van der Waals surface area contributed by atoms with Gasteiger partial charge in [0, 0.05) is 6.07 Å². The fourth-order valence-corrected chi connectivity index (χ4v) is 1.88. The zero-order valence-corrected chi connectivity index (χ0v) is 10.4. The molecule has 1 aromatic rings. The average Bonchev–Trinajstić information content (AvgIpc) is 2.28. The van der Waals surface area contributed by atoms with Crippen molar-refractivity contribution in [1.82, 2.24) is 0 Å². The zero-order valence-electron chi connectivity index (χ0n) is 9.61. The topological polar surface area (TPSA) is 46.5 Å². The van der Waals surface area contributed by atoms with E-state index in [1.165, 1.54) is 12.1 Å². The van der Waals surface area contributed by atoms with Crippen molar-refractivity contribution in [3.63, 3.8) is 0 Å². The summed E-state index contributed by atoms with van der Waals surface area (Å²) in [5.74, 6) is 0.559. The van der Waals surface area contributed by atoms with Crippen LogP contribution >= 0.6 is 11.8 Å². The van der Waals surface area contributed by atoms with Gasteiger partial charge in [-0.2, -0.15) is 11.8 Å². The van der Waals surface area contributed by atoms with Crippen LogP contribution < -0.4 is 4.74 Å². The number of aromatic carboxylic acids is 1. The molecule has 0 saturated heterocycles. The maximum atomic E-state index is 13.1. The summed E-state index contributed by atoms with van der Waals surface area (Å²) in [5, 5.41) is 8.75. The van der Waals surface area contributed by atoms with Crippen molar-refractivity contribution < 1.29 is 19.0 Å². The Kier molecular flexibility index (Phi) is 5.83. The number of hydrogen-bond acceptors (Lipinski definition) is 3. The van der Waals surface area contributed by atoms with E-state index < -0.39 is 11.8 Å². The summed E-state index contributed by atoms with van der Waals surface area (Å²) in [4.78, 5) is 10.7. The van der Waals surface area contributed by atoms with Gasteiger partial charge in [0.25, 0.3) is 0 Å². The standard InChI is InChI=1S/C12H15FO3S/c1-2-17-5-3-4-16-11-7-9(12(14)15)6-10(13)8-11/h6-8H,2-5H2,1H3,(H,14,15). The van der Waals surface area contributed by atoms with E-state index in [-0.39, 0.29) is 11.3 Å². The molecule has 0 aliphatic heterocycles. The maximum absolute atomic E-state index is 13.1. The van der Waals surface area contributed by atoms with Crippen molar-refractivity contribution in [2.45, 2.75) is 13.3 Å². The van der Waals surface area contributed by atoms with E-state index >= 15 is 0 Å². The van der Waals surface area contributed by atoms with Gasteiger partial charge < -0.3 is 9.84 Å². The molecule has 5 heteroatoms. The number of halogens is 1. The van der Waals surface area contributed by atoms with E-state index in [0.717, 1.165) is 24.0 Å². The van der Waals surface area contributed by atoms with E-state index in [2.05, 4.69) is 6.92 Å². The molecule has 0 saturated carbocycles. The molecule has 0 spiro atoms. The Hall–Kier alpha value is -1.23. The number of ether oxygens (including phenoxy) is 1. The van der Waals surface area contributed by atoms with Gasteiger partial charge in [-0.25, -0.2) is 9.18 Å². The molecule has 0 atom stereocenters. The first-order valence-corrected chi connectivity index (χ1v) is 6.53. The van der Waals surface area contributed by atoms with Crippen LogP contribution in [0.5, 0.6) is 5.75 Å². The molecular weight excluding hydrogens is 243 g/mol. The van der Waals surface area contributed by atoms with Crippen molar-refractivity contribution in [3.05, 3.63) is 29.6 Å². The second-order valence-electron chi connectivity index (χ2n) is 3.38. The van der Waals surface area contributed by atoms with Crippen LogP contribution in [0.25, 0.3) is 0 Å². The molecule has 3 nitrogen and oxygen atoms in total. The Bertz CT molecular complexity index is 382. The van der Waals surface area contributed by atoms with Crippen LogP contribution in [-0.2, 0) is 0 Å². The van der Waals surface area contributed by atoms with Crippen LogP contribution in [-0.4, -0.2) is 29.2 Å². The molecule has 0 aliphatic carbocycles. The second-order valence-corrected chi connectivity index (χ2v) is 4.77. The molecular formula is C12H15FO3S. The van der Waals surface area contributed by atoms with Crippen LogP contribution in [0.15, 0.2) is 18.2 Å². The van der Waals surface area contributed by atoms with Crippen molar-refractivity contribution in [3.8, 4) is 5.75 Å². The van der Waals surface area contributed by atoms with Crippen LogP contribution in [0, 0.1) is 5.82 Å². The summed E-state index contributed by atoms with van der Waals surface area (Å²) in [6, 6.07) is 3.50. The highest BCUT2D eigenvalue weighted by atomic mass is 32.2. The van der Waals surface area contributed by atoms with Gasteiger partial charge in [0.15, 0.2) is 0 Å². The summed E-state index contributed by atoms with van der Waals surface area (Å²) in [5.41, 5.74) is -0.0945. The van der Waals surface area contributed by atoms with Gasteiger partial charge >= 0.3 is 5.97 Å². The van der Waals surface area contributed by atoms with E-state index in [9.17, 15) is 9.18 Å². The highest BCUT2D eigenvalue weighted by molar-refractivity contribution is 7.99. The van der Waals surface area contributed by atoms with Gasteiger partial charge in [-0.05, 0) is 30.1 Å². The fourth-order valence-electron chi connectivity index (χ4n) is 1.26. The summed E-state index contributed by atoms with van der Waals surface area (Å²) in [6.45, 7) is 2.55. The van der Waals surface area contributed by atoms with Crippen LogP contribution in [0.4, 0.5) is 4.39 Å². The second kappa shape index (κ2) is 7.17. The quantitative estimate of drug-likeness (QED) is 0.764. The zero-order chi connectivity index (χ0) is 12.7. The van der Waals surface area contributed by atoms with Gasteiger partial charge in [-0.15, -0.1) is 0 Å². The third kappa shape index (κ3) is 5.08. The van der Waals surface area contributed by atoms with E-state index in [1.807, 2.05) is 0 Å². The predicted octanol–water partition coefficient (Wildman–Crippen LogP) is 3.05. The predicted molar refractivity (Wildman–Crippen MR) is 66.5 cm³/mol. The Morgan fingerprint density at radius 1 is 1.47 bits per heavy atom. The maximum Gasteiger partial charge on any atom is 0.335 e. The van der Waals surface area contributed by atoms with E-state index in [1.54, 1.807) is 11.8 Å². The Labute approximate surface area is 104 Å². The number of carboxylic acids is 1. The summed E-state index contributed by atoms with van der Waals surface area (Å²) in [7, 11) is 0. The van der Waals surface area contributed by atoms with Crippen molar-refractivity contribution in [2.24, 2.45) is 0 Å². The first kappa shape index (κ1) is 13.8. The molecule has 0 heterocycles. The minimum atomic E-state index is -1.16. The normalized spacial score (nSPS) is 10.2. The lowest BCUT2D eigenvalue weighted by Gasteiger charge is -2.06. The SMILES string of the molecule is CCSCCCOc1cc(F)cc(C(=O)O)c1. The number of carboxylic acid groups (broad SMARTS) is 1. The highest BCUT2D eigenvalue weighted by Crippen LogP contribution is 2.17. The van der Waals surface area contributed by atoms with Crippen molar-refractivity contribution in [1.29, 1.82) is 0 Å². The molecule has 1 aromatic carbocycles. The first-order chi connectivity index (χ1) is 8.13. The Balaban J connectivity index is 2.50. The lowest BCUT2D eigenvalue weighted by atomic mass is 10.2. The smallest absolute Gasteiger partial charge is 0.335 e. The third-order valence-electron chi connectivity index (χ3n) is 2.02. The average molecular weight is 258 g/mol. The molecule has 0 amide bonds. The molecule has 0 radical (unpaired) electrons. The summed E-state index contributed by atoms with van der Waals surface area (Å²) < 4.78 is 18.4. The Morgan fingerprint density at radius 3 is 2.88 bits per heavy atom. The molecule has 0 bridgehead atoms. The fraction of sp³-hybridized carbons (Fsp3) is 0.417. The minimum Gasteiger partial charge on any atom is -0.493 e. The van der Waals surface area contributed by atoms with Gasteiger partial charge in [-0.3, -0.25) is 0 Å². The van der Waals surface area contributed by atoms with Crippen LogP contribution in [0.1, 0.15) is 23.7 Å². The van der Waals surface area contributed by atoms with Gasteiger partial charge in [0.1, 0.15) is 11.6 Å². The van der Waals surface area contributed by atoms with E-state index in [0.29, 0.717) is 6.61 Å². The van der Waals surface area contributed by atoms with E-state index in [4.69, 9.17) is 9.84 Å². The van der Waals surface area contributed by atoms with Crippen LogP contribution in [0.2, 0.25) is 0 Å². The molecule has 0 fully saturated rings. The number of benzene rings is 1. The highest BCUT2D eigenvalue weighted by Gasteiger charge is 2.07. The van der Waals surface area contributed by atoms with Crippen molar-refractivity contribution in [2.75, 3.05) is 18.1 Å². The molecule has 0 aromatic heterocycles. The third-order valence-corrected chi connectivity index (χ3v) is 3.01. The summed E-state index contributed by atoms with van der Waals surface area (Å²) >= 11 is 1.81. The molecule has 1 N–H and O–H groups in total. The lowest BCUT2D eigenvalue weighted by Crippen LogP contribution is -2.02. The number of rotatable bonds is 7. The number of hydrogen-bond donors (Lipinski definition) is 1. The van der Waals surface area contributed by atoms with Crippen molar-refractivity contribution >= 4 is 17.7 Å². The van der Waals surface area contributed by atoms with Crippen LogP contribution in [0.3, 0.4) is 0 Å². The largest absolute Gasteiger partial charge is 0.493 e. The number of carbonyl (C=O) groups is 1. The molecule has 0 unspecified atom stereocenters.